The molecular formula is C7H12O6S. The van der Waals surface area contributed by atoms with E-state index in [1.807, 2.05) is 0 Å². The minimum atomic E-state index is -4.58. The van der Waals surface area contributed by atoms with Crippen molar-refractivity contribution in [3.63, 3.8) is 0 Å². The average Bonchev–Trinajstić information content (AvgIpc) is 2.49. The van der Waals surface area contributed by atoms with Crippen molar-refractivity contribution in [3.8, 4) is 0 Å². The van der Waals surface area contributed by atoms with Gasteiger partial charge in [-0.25, -0.2) is 0 Å². The molecule has 0 saturated heterocycles. The third-order valence-electron chi connectivity index (χ3n) is 2.79. The van der Waals surface area contributed by atoms with E-state index in [1.165, 1.54) is 13.8 Å². The van der Waals surface area contributed by atoms with Gasteiger partial charge in [-0.1, -0.05) is 13.8 Å². The van der Waals surface area contributed by atoms with Gasteiger partial charge in [-0.3, -0.25) is 9.35 Å². The lowest BCUT2D eigenvalue weighted by Gasteiger charge is -2.07. The summed E-state index contributed by atoms with van der Waals surface area (Å²) < 4.78 is 29.7. The lowest BCUT2D eigenvalue weighted by molar-refractivity contribution is -0.139. The third kappa shape index (κ3) is 1.62. The molecule has 0 aromatic carbocycles. The monoisotopic (exact) mass is 224 g/mol. The minimum absolute atomic E-state index is 0.805. The molecule has 0 radical (unpaired) electrons. The molecular weight excluding hydrogens is 212 g/mol. The van der Waals surface area contributed by atoms with Crippen LogP contribution in [0.3, 0.4) is 0 Å². The number of carbonyl (C=O) groups is 1. The maximum atomic E-state index is 10.6. The van der Waals surface area contributed by atoms with Gasteiger partial charge in [-0.05, 0) is 5.41 Å². The first kappa shape index (κ1) is 11.4. The predicted molar refractivity (Wildman–Crippen MR) is 46.0 cm³/mol. The lowest BCUT2D eigenvalue weighted by atomic mass is 10.1. The topological polar surface area (TPSA) is 112 Å². The SMILES string of the molecule is CC1(C)[C@@H](C(=O)O)[C@@H]1C(O)S(=O)(=O)O. The van der Waals surface area contributed by atoms with Crippen molar-refractivity contribution in [1.82, 2.24) is 0 Å². The molecule has 3 N–H and O–H groups in total. The molecule has 1 aliphatic carbocycles. The fourth-order valence-electron chi connectivity index (χ4n) is 1.87. The molecule has 1 aliphatic rings. The second kappa shape index (κ2) is 2.91. The Hall–Kier alpha value is -0.660. The second-order valence-corrected chi connectivity index (χ2v) is 5.58. The molecule has 0 aromatic rings. The third-order valence-corrected chi connectivity index (χ3v) is 3.69. The molecule has 1 unspecified atom stereocenters. The summed E-state index contributed by atoms with van der Waals surface area (Å²) in [7, 11) is -4.58. The average molecular weight is 224 g/mol. The quantitative estimate of drug-likeness (QED) is 0.560. The molecule has 0 heterocycles. The number of hydrogen-bond acceptors (Lipinski definition) is 4. The first-order chi connectivity index (χ1) is 6.10. The summed E-state index contributed by atoms with van der Waals surface area (Å²) in [5, 5.41) is 17.9. The van der Waals surface area contributed by atoms with Crippen LogP contribution in [-0.4, -0.2) is 34.6 Å². The van der Waals surface area contributed by atoms with Crippen molar-refractivity contribution >= 4 is 16.1 Å². The number of aliphatic hydroxyl groups excluding tert-OH is 1. The van der Waals surface area contributed by atoms with Crippen molar-refractivity contribution in [2.45, 2.75) is 19.3 Å². The van der Waals surface area contributed by atoms with E-state index in [4.69, 9.17) is 9.66 Å². The van der Waals surface area contributed by atoms with Crippen LogP contribution in [0.15, 0.2) is 0 Å². The Morgan fingerprint density at radius 1 is 1.43 bits per heavy atom. The number of aliphatic carboxylic acids is 1. The Labute approximate surface area is 81.3 Å². The molecule has 0 amide bonds. The van der Waals surface area contributed by atoms with E-state index >= 15 is 0 Å². The Kier molecular flexibility index (Phi) is 2.38. The van der Waals surface area contributed by atoms with Crippen LogP contribution in [0, 0.1) is 17.3 Å². The van der Waals surface area contributed by atoms with Crippen molar-refractivity contribution in [2.24, 2.45) is 17.3 Å². The van der Waals surface area contributed by atoms with Gasteiger partial charge in [-0.15, -0.1) is 0 Å². The maximum absolute atomic E-state index is 10.6. The van der Waals surface area contributed by atoms with Crippen LogP contribution in [0.4, 0.5) is 0 Å². The van der Waals surface area contributed by atoms with Gasteiger partial charge in [0.25, 0.3) is 10.1 Å². The van der Waals surface area contributed by atoms with Gasteiger partial charge in [0.1, 0.15) is 0 Å². The molecule has 1 fully saturated rings. The normalized spacial score (nSPS) is 32.3. The lowest BCUT2D eigenvalue weighted by Crippen LogP contribution is -2.25. The summed E-state index contributed by atoms with van der Waals surface area (Å²) in [5.41, 5.74) is -2.82. The predicted octanol–water partition coefficient (Wildman–Crippen LogP) is -0.451. The molecule has 0 aliphatic heterocycles. The summed E-state index contributed by atoms with van der Waals surface area (Å²) in [4.78, 5) is 10.6. The fourth-order valence-corrected chi connectivity index (χ4v) is 2.75. The Bertz CT molecular complexity index is 356. The summed E-state index contributed by atoms with van der Waals surface area (Å²) in [6.07, 6.45) is 0. The van der Waals surface area contributed by atoms with E-state index in [0.29, 0.717) is 0 Å². The molecule has 7 heteroatoms. The largest absolute Gasteiger partial charge is 0.481 e. The van der Waals surface area contributed by atoms with Crippen LogP contribution in [0.25, 0.3) is 0 Å². The molecule has 82 valence electrons. The van der Waals surface area contributed by atoms with E-state index in [0.717, 1.165) is 0 Å². The van der Waals surface area contributed by atoms with E-state index in [1.54, 1.807) is 0 Å². The molecule has 6 nitrogen and oxygen atoms in total. The Balaban J connectivity index is 2.90. The van der Waals surface area contributed by atoms with Crippen LogP contribution < -0.4 is 0 Å². The van der Waals surface area contributed by atoms with Gasteiger partial charge in [0, 0.05) is 5.92 Å². The first-order valence-electron chi connectivity index (χ1n) is 3.97. The van der Waals surface area contributed by atoms with E-state index in [9.17, 15) is 18.3 Å². The first-order valence-corrected chi connectivity index (χ1v) is 5.47. The highest BCUT2D eigenvalue weighted by molar-refractivity contribution is 7.86. The van der Waals surface area contributed by atoms with Crippen molar-refractivity contribution < 1.29 is 28.0 Å². The smallest absolute Gasteiger partial charge is 0.307 e. The molecule has 1 saturated carbocycles. The minimum Gasteiger partial charge on any atom is -0.481 e. The summed E-state index contributed by atoms with van der Waals surface area (Å²) in [6.45, 7) is 3.07. The van der Waals surface area contributed by atoms with Crippen LogP contribution in [0.1, 0.15) is 13.8 Å². The zero-order chi connectivity index (χ0) is 11.3. The second-order valence-electron chi connectivity index (χ2n) is 4.07. The number of carboxylic acid groups (broad SMARTS) is 1. The highest BCUT2D eigenvalue weighted by Gasteiger charge is 2.67. The van der Waals surface area contributed by atoms with Gasteiger partial charge in [0.2, 0.25) is 0 Å². The van der Waals surface area contributed by atoms with Crippen molar-refractivity contribution in [1.29, 1.82) is 0 Å². The molecule has 14 heavy (non-hydrogen) atoms. The molecule has 0 aromatic heterocycles. The summed E-state index contributed by atoms with van der Waals surface area (Å²) in [5.74, 6) is -3.04. The van der Waals surface area contributed by atoms with Crippen molar-refractivity contribution in [2.75, 3.05) is 0 Å². The van der Waals surface area contributed by atoms with Crippen LogP contribution in [-0.2, 0) is 14.9 Å². The number of aliphatic hydroxyl groups is 1. The standard InChI is InChI=1S/C7H12O6S/c1-7(2)3(5(8)9)4(7)6(10)14(11,12)13/h3-4,6,10H,1-2H3,(H,8,9)(H,11,12,13)/t3-,4-,6?/m1/s1. The van der Waals surface area contributed by atoms with Gasteiger partial charge < -0.3 is 10.2 Å². The molecule has 3 atom stereocenters. The van der Waals surface area contributed by atoms with E-state index in [-0.39, 0.29) is 0 Å². The van der Waals surface area contributed by atoms with Gasteiger partial charge in [0.05, 0.1) is 5.92 Å². The molecule has 0 bridgehead atoms. The van der Waals surface area contributed by atoms with Gasteiger partial charge in [-0.2, -0.15) is 8.42 Å². The molecule has 1 rings (SSSR count). The Morgan fingerprint density at radius 2 is 1.86 bits per heavy atom. The van der Waals surface area contributed by atoms with Crippen LogP contribution in [0.5, 0.6) is 0 Å². The van der Waals surface area contributed by atoms with Crippen LogP contribution >= 0.6 is 0 Å². The highest BCUT2D eigenvalue weighted by atomic mass is 32.2. The maximum Gasteiger partial charge on any atom is 0.307 e. The van der Waals surface area contributed by atoms with Gasteiger partial charge >= 0.3 is 5.97 Å². The zero-order valence-corrected chi connectivity index (χ0v) is 8.52. The fraction of sp³-hybridized carbons (Fsp3) is 0.857. The highest BCUT2D eigenvalue weighted by Crippen LogP contribution is 2.60. The van der Waals surface area contributed by atoms with Crippen molar-refractivity contribution in [3.05, 3.63) is 0 Å². The Morgan fingerprint density at radius 3 is 2.07 bits per heavy atom. The number of hydrogen-bond donors (Lipinski definition) is 3. The summed E-state index contributed by atoms with van der Waals surface area (Å²) >= 11 is 0. The number of rotatable bonds is 3. The zero-order valence-electron chi connectivity index (χ0n) is 7.71. The summed E-state index contributed by atoms with van der Waals surface area (Å²) in [6, 6.07) is 0. The van der Waals surface area contributed by atoms with Gasteiger partial charge in [0.15, 0.2) is 5.44 Å². The number of carboxylic acids is 1. The molecule has 0 spiro atoms. The van der Waals surface area contributed by atoms with Crippen LogP contribution in [0.2, 0.25) is 0 Å². The van der Waals surface area contributed by atoms with E-state index in [2.05, 4.69) is 0 Å². The van der Waals surface area contributed by atoms with E-state index < -0.39 is 38.8 Å².